The Morgan fingerprint density at radius 3 is 2.44 bits per heavy atom. The number of carbonyl (C=O) groups excluding carboxylic acids is 1. The Bertz CT molecular complexity index is 771. The maximum Gasteiger partial charge on any atom is 0.312 e. The van der Waals surface area contributed by atoms with Gasteiger partial charge in [-0.2, -0.15) is 4.31 Å². The molecule has 1 aromatic rings. The highest BCUT2D eigenvalue weighted by Crippen LogP contribution is 2.32. The van der Waals surface area contributed by atoms with Crippen LogP contribution in [-0.2, 0) is 14.8 Å². The average molecular weight is 371 g/mol. The Hall–Kier alpha value is -2.20. The summed E-state index contributed by atoms with van der Waals surface area (Å²) in [5.41, 5.74) is -0.487. The van der Waals surface area contributed by atoms with Crippen LogP contribution in [0.3, 0.4) is 0 Å². The largest absolute Gasteiger partial charge is 0.474 e. The second-order valence-corrected chi connectivity index (χ2v) is 7.93. The number of amides is 1. The molecule has 9 nitrogen and oxygen atoms in total. The first kappa shape index (κ1) is 19.1. The summed E-state index contributed by atoms with van der Waals surface area (Å²) < 4.78 is 31.8. The van der Waals surface area contributed by atoms with E-state index >= 15 is 0 Å². The van der Waals surface area contributed by atoms with E-state index in [1.807, 2.05) is 0 Å². The smallest absolute Gasteiger partial charge is 0.312 e. The Kier molecular flexibility index (Phi) is 5.63. The minimum absolute atomic E-state index is 0.145. The summed E-state index contributed by atoms with van der Waals surface area (Å²) in [5.74, 6) is -0.504. The van der Waals surface area contributed by atoms with Crippen molar-refractivity contribution < 1.29 is 22.9 Å². The molecule has 2 rings (SSSR count). The minimum Gasteiger partial charge on any atom is -0.474 e. The molecule has 10 heteroatoms. The van der Waals surface area contributed by atoms with Gasteiger partial charge >= 0.3 is 5.69 Å². The van der Waals surface area contributed by atoms with E-state index < -0.39 is 26.7 Å². The molecule has 0 aliphatic carbocycles. The third-order valence-electron chi connectivity index (χ3n) is 3.92. The first-order valence-corrected chi connectivity index (χ1v) is 9.25. The van der Waals surface area contributed by atoms with Crippen molar-refractivity contribution in [1.82, 2.24) is 9.21 Å². The fourth-order valence-electron chi connectivity index (χ4n) is 2.58. The van der Waals surface area contributed by atoms with Crippen LogP contribution in [0.2, 0.25) is 0 Å². The van der Waals surface area contributed by atoms with E-state index in [-0.39, 0.29) is 16.6 Å². The number of carbonyl (C=O) groups is 1. The Morgan fingerprint density at radius 1 is 1.32 bits per heavy atom. The number of hydrogen-bond donors (Lipinski definition) is 0. The van der Waals surface area contributed by atoms with E-state index in [1.54, 1.807) is 14.1 Å². The van der Waals surface area contributed by atoms with Gasteiger partial charge in [0, 0.05) is 33.3 Å². The third-order valence-corrected chi connectivity index (χ3v) is 5.82. The Balaban J connectivity index is 2.35. The molecule has 1 fully saturated rings. The number of sulfonamides is 1. The first-order chi connectivity index (χ1) is 11.6. The number of rotatable bonds is 6. The van der Waals surface area contributed by atoms with E-state index in [9.17, 15) is 23.3 Å². The van der Waals surface area contributed by atoms with Crippen LogP contribution in [0.4, 0.5) is 5.69 Å². The SMILES string of the molecule is C[C@H](Oc1ccc(S(=O)(=O)N2CCCC2)cc1[N+](=O)[O-])C(=O)N(C)C. The van der Waals surface area contributed by atoms with Crippen molar-refractivity contribution in [2.24, 2.45) is 0 Å². The van der Waals surface area contributed by atoms with Crippen LogP contribution < -0.4 is 4.74 Å². The van der Waals surface area contributed by atoms with Gasteiger partial charge in [-0.3, -0.25) is 14.9 Å². The van der Waals surface area contributed by atoms with Gasteiger partial charge in [0.1, 0.15) is 0 Å². The van der Waals surface area contributed by atoms with Crippen LogP contribution in [-0.4, -0.2) is 61.7 Å². The fraction of sp³-hybridized carbons (Fsp3) is 0.533. The minimum atomic E-state index is -3.77. The lowest BCUT2D eigenvalue weighted by atomic mass is 10.3. The summed E-state index contributed by atoms with van der Waals surface area (Å²) in [7, 11) is -0.684. The van der Waals surface area contributed by atoms with E-state index in [1.165, 1.54) is 28.3 Å². The zero-order chi connectivity index (χ0) is 18.8. The predicted octanol–water partition coefficient (Wildman–Crippen LogP) is 1.23. The molecule has 1 aromatic carbocycles. The Morgan fingerprint density at radius 2 is 1.92 bits per heavy atom. The van der Waals surface area contributed by atoms with Gasteiger partial charge in [0.05, 0.1) is 9.82 Å². The molecule has 25 heavy (non-hydrogen) atoms. The molecule has 1 amide bonds. The van der Waals surface area contributed by atoms with Gasteiger partial charge in [-0.15, -0.1) is 0 Å². The summed E-state index contributed by atoms with van der Waals surface area (Å²) in [6, 6.07) is 3.47. The number of hydrogen-bond acceptors (Lipinski definition) is 6. The maximum absolute atomic E-state index is 12.5. The fourth-order valence-corrected chi connectivity index (χ4v) is 4.12. The monoisotopic (exact) mass is 371 g/mol. The van der Waals surface area contributed by atoms with E-state index in [2.05, 4.69) is 0 Å². The Labute approximate surface area is 146 Å². The molecule has 0 N–H and O–H groups in total. The number of benzene rings is 1. The van der Waals surface area contributed by atoms with Crippen LogP contribution >= 0.6 is 0 Å². The van der Waals surface area contributed by atoms with Crippen molar-refractivity contribution in [3.63, 3.8) is 0 Å². The van der Waals surface area contributed by atoms with Gasteiger partial charge in [-0.25, -0.2) is 8.42 Å². The second kappa shape index (κ2) is 7.36. The second-order valence-electron chi connectivity index (χ2n) is 5.99. The lowest BCUT2D eigenvalue weighted by Crippen LogP contribution is -2.35. The normalized spacial score (nSPS) is 16.4. The number of likely N-dealkylation sites (N-methyl/N-ethyl adjacent to an activating group) is 1. The zero-order valence-electron chi connectivity index (χ0n) is 14.3. The van der Waals surface area contributed by atoms with Crippen molar-refractivity contribution in [3.8, 4) is 5.75 Å². The van der Waals surface area contributed by atoms with Crippen LogP contribution in [0, 0.1) is 10.1 Å². The summed E-state index contributed by atoms with van der Waals surface area (Å²) in [6.45, 7) is 2.28. The third kappa shape index (κ3) is 4.07. The highest BCUT2D eigenvalue weighted by atomic mass is 32.2. The van der Waals surface area contributed by atoms with Crippen molar-refractivity contribution in [2.75, 3.05) is 27.2 Å². The molecule has 1 aliphatic rings. The average Bonchev–Trinajstić information content (AvgIpc) is 3.09. The number of nitro benzene ring substituents is 1. The topological polar surface area (TPSA) is 110 Å². The molecule has 0 unspecified atom stereocenters. The van der Waals surface area contributed by atoms with Crippen molar-refractivity contribution in [2.45, 2.75) is 30.8 Å². The molecule has 0 saturated carbocycles. The molecule has 1 saturated heterocycles. The lowest BCUT2D eigenvalue weighted by Gasteiger charge is -2.19. The molecular formula is C15H21N3O6S. The van der Waals surface area contributed by atoms with Crippen LogP contribution in [0.5, 0.6) is 5.75 Å². The van der Waals surface area contributed by atoms with E-state index in [0.717, 1.165) is 18.9 Å². The first-order valence-electron chi connectivity index (χ1n) is 7.81. The molecule has 0 spiro atoms. The van der Waals surface area contributed by atoms with Gasteiger partial charge in [0.15, 0.2) is 11.9 Å². The van der Waals surface area contributed by atoms with Crippen LogP contribution in [0.15, 0.2) is 23.1 Å². The van der Waals surface area contributed by atoms with Gasteiger partial charge < -0.3 is 9.64 Å². The molecule has 0 bridgehead atoms. The van der Waals surface area contributed by atoms with Crippen molar-refractivity contribution in [3.05, 3.63) is 28.3 Å². The van der Waals surface area contributed by atoms with E-state index in [0.29, 0.717) is 13.1 Å². The summed E-state index contributed by atoms with van der Waals surface area (Å²) in [4.78, 5) is 23.6. The summed E-state index contributed by atoms with van der Waals surface area (Å²) in [5, 5.41) is 11.3. The summed E-state index contributed by atoms with van der Waals surface area (Å²) >= 11 is 0. The van der Waals surface area contributed by atoms with Crippen LogP contribution in [0.25, 0.3) is 0 Å². The molecule has 0 radical (unpaired) electrons. The number of nitrogens with zero attached hydrogens (tertiary/aromatic N) is 3. The highest BCUT2D eigenvalue weighted by molar-refractivity contribution is 7.89. The van der Waals surface area contributed by atoms with Crippen molar-refractivity contribution in [1.29, 1.82) is 0 Å². The van der Waals surface area contributed by atoms with E-state index in [4.69, 9.17) is 4.74 Å². The van der Waals surface area contributed by atoms with Gasteiger partial charge in [0.25, 0.3) is 5.91 Å². The van der Waals surface area contributed by atoms with Gasteiger partial charge in [-0.1, -0.05) is 0 Å². The van der Waals surface area contributed by atoms with Gasteiger partial charge in [0.2, 0.25) is 10.0 Å². The standard InChI is InChI=1S/C15H21N3O6S/c1-11(15(19)16(2)3)24-14-7-6-12(10-13(14)18(20)21)25(22,23)17-8-4-5-9-17/h6-7,10-11H,4-5,8-9H2,1-3H3/t11-/m0/s1. The molecule has 0 aromatic heterocycles. The molecule has 1 heterocycles. The maximum atomic E-state index is 12.5. The number of ether oxygens (including phenoxy) is 1. The van der Waals surface area contributed by atoms with Crippen LogP contribution in [0.1, 0.15) is 19.8 Å². The summed E-state index contributed by atoms with van der Waals surface area (Å²) in [6.07, 6.45) is 0.606. The van der Waals surface area contributed by atoms with Crippen molar-refractivity contribution >= 4 is 21.6 Å². The molecular weight excluding hydrogens is 350 g/mol. The highest BCUT2D eigenvalue weighted by Gasteiger charge is 2.30. The molecule has 1 atom stereocenters. The van der Waals surface area contributed by atoms with Gasteiger partial charge in [-0.05, 0) is 31.9 Å². The lowest BCUT2D eigenvalue weighted by molar-refractivity contribution is -0.386. The molecule has 138 valence electrons. The quantitative estimate of drug-likeness (QED) is 0.549. The molecule has 1 aliphatic heterocycles. The number of nitro groups is 1. The zero-order valence-corrected chi connectivity index (χ0v) is 15.2. The predicted molar refractivity (Wildman–Crippen MR) is 89.9 cm³/mol.